The number of nitro benzene ring substituents is 1. The Morgan fingerprint density at radius 2 is 1.74 bits per heavy atom. The number of anilines is 2. The molecule has 0 amide bonds. The van der Waals surface area contributed by atoms with E-state index in [-0.39, 0.29) is 11.4 Å². The van der Waals surface area contributed by atoms with E-state index in [2.05, 4.69) is 10.3 Å². The number of aromatic nitrogens is 1. The van der Waals surface area contributed by atoms with Crippen molar-refractivity contribution in [3.05, 3.63) is 81.3 Å². The molecule has 2 aromatic carbocycles. The molecule has 9 heteroatoms. The van der Waals surface area contributed by atoms with E-state index in [0.717, 1.165) is 0 Å². The van der Waals surface area contributed by atoms with Gasteiger partial charge in [0.25, 0.3) is 5.69 Å². The molecule has 156 valence electrons. The quantitative estimate of drug-likeness (QED) is 0.358. The highest BCUT2D eigenvalue weighted by Crippen LogP contribution is 2.31. The maximum atomic E-state index is 12.7. The van der Waals surface area contributed by atoms with Crippen molar-refractivity contribution in [1.82, 2.24) is 4.98 Å². The molecule has 0 saturated heterocycles. The van der Waals surface area contributed by atoms with Crippen LogP contribution >= 0.6 is 0 Å². The number of nitrogens with one attached hydrogen (secondary N) is 1. The lowest BCUT2D eigenvalue weighted by Crippen LogP contribution is -2.04. The van der Waals surface area contributed by atoms with Crippen molar-refractivity contribution in [2.24, 2.45) is 0 Å². The number of hydrogen-bond donors (Lipinski definition) is 1. The first-order chi connectivity index (χ1) is 15.0. The molecule has 0 saturated carbocycles. The van der Waals surface area contributed by atoms with Crippen molar-refractivity contribution in [1.29, 1.82) is 0 Å². The van der Waals surface area contributed by atoms with Crippen LogP contribution in [0.3, 0.4) is 0 Å². The predicted molar refractivity (Wildman–Crippen MR) is 115 cm³/mol. The van der Waals surface area contributed by atoms with E-state index >= 15 is 0 Å². The highest BCUT2D eigenvalue weighted by atomic mass is 16.6. The largest absolute Gasteiger partial charge is 0.497 e. The van der Waals surface area contributed by atoms with Gasteiger partial charge in [-0.2, -0.15) is 0 Å². The summed E-state index contributed by atoms with van der Waals surface area (Å²) in [6, 6.07) is 14.5. The number of ether oxygens (including phenoxy) is 2. The van der Waals surface area contributed by atoms with Crippen LogP contribution in [0, 0.1) is 10.1 Å². The number of nitro groups is 1. The number of pyridine rings is 1. The summed E-state index contributed by atoms with van der Waals surface area (Å²) in [5, 5.41) is 14.7. The molecule has 0 unspecified atom stereocenters. The summed E-state index contributed by atoms with van der Waals surface area (Å²) in [5.74, 6) is 1.38. The molecular weight excluding hydrogens is 402 g/mol. The van der Waals surface area contributed by atoms with Crippen molar-refractivity contribution >= 4 is 28.2 Å². The van der Waals surface area contributed by atoms with Crippen LogP contribution in [0.5, 0.6) is 11.5 Å². The normalized spacial score (nSPS) is 10.6. The van der Waals surface area contributed by atoms with E-state index in [1.807, 2.05) is 0 Å². The molecule has 0 spiro atoms. The molecule has 0 aliphatic rings. The third kappa shape index (κ3) is 4.01. The minimum absolute atomic E-state index is 0.0897. The van der Waals surface area contributed by atoms with Crippen molar-refractivity contribution in [3.63, 3.8) is 0 Å². The van der Waals surface area contributed by atoms with Gasteiger partial charge in [-0.3, -0.25) is 10.1 Å². The number of fused-ring (bicyclic) bond motifs is 1. The van der Waals surface area contributed by atoms with E-state index in [4.69, 9.17) is 13.9 Å². The summed E-state index contributed by atoms with van der Waals surface area (Å²) in [5.41, 5.74) is 0.833. The summed E-state index contributed by atoms with van der Waals surface area (Å²) >= 11 is 0. The molecule has 4 aromatic rings. The van der Waals surface area contributed by atoms with Crippen LogP contribution in [-0.2, 0) is 0 Å². The molecule has 0 aliphatic heterocycles. The summed E-state index contributed by atoms with van der Waals surface area (Å²) in [6.07, 6.45) is 1.52. The molecular formula is C22H17N3O6. The van der Waals surface area contributed by atoms with Gasteiger partial charge in [-0.25, -0.2) is 9.78 Å². The van der Waals surface area contributed by atoms with Gasteiger partial charge < -0.3 is 19.2 Å². The number of hydrogen-bond acceptors (Lipinski definition) is 8. The second-order valence-corrected chi connectivity index (χ2v) is 6.56. The van der Waals surface area contributed by atoms with Crippen LogP contribution in [0.15, 0.2) is 70.0 Å². The molecule has 0 aliphatic carbocycles. The Hall–Kier alpha value is -4.40. The Bertz CT molecular complexity index is 1330. The van der Waals surface area contributed by atoms with Gasteiger partial charge in [0.15, 0.2) is 0 Å². The first-order valence-electron chi connectivity index (χ1n) is 9.16. The smallest absolute Gasteiger partial charge is 0.344 e. The molecule has 4 rings (SSSR count). The molecule has 0 bridgehead atoms. The Kier molecular flexibility index (Phi) is 5.23. The van der Waals surface area contributed by atoms with Crippen LogP contribution in [-0.4, -0.2) is 24.1 Å². The predicted octanol–water partition coefficient (Wildman–Crippen LogP) is 4.52. The Morgan fingerprint density at radius 1 is 1.03 bits per heavy atom. The molecule has 2 heterocycles. The average molecular weight is 419 g/mol. The van der Waals surface area contributed by atoms with E-state index in [9.17, 15) is 14.9 Å². The Morgan fingerprint density at radius 3 is 2.42 bits per heavy atom. The van der Waals surface area contributed by atoms with E-state index < -0.39 is 10.5 Å². The van der Waals surface area contributed by atoms with Gasteiger partial charge in [0.2, 0.25) is 0 Å². The highest BCUT2D eigenvalue weighted by molar-refractivity contribution is 5.84. The first-order valence-corrected chi connectivity index (χ1v) is 9.16. The van der Waals surface area contributed by atoms with Gasteiger partial charge in [-0.15, -0.1) is 0 Å². The molecule has 9 nitrogen and oxygen atoms in total. The standard InChI is InChI=1S/C22H17N3O6/c1-29-15-7-13(8-16(10-15)30-2)17-9-14-12-23-21(11-20(14)31-22(17)26)24-18-5-3-4-6-19(18)25(27)28/h3-12H,1-2H3,(H,23,24). The highest BCUT2D eigenvalue weighted by Gasteiger charge is 2.15. The van der Waals surface area contributed by atoms with Crippen LogP contribution in [0.4, 0.5) is 17.2 Å². The van der Waals surface area contributed by atoms with Crippen LogP contribution in [0.1, 0.15) is 0 Å². The van der Waals surface area contributed by atoms with Gasteiger partial charge in [-0.05, 0) is 29.8 Å². The number of para-hydroxylation sites is 2. The lowest BCUT2D eigenvalue weighted by molar-refractivity contribution is -0.383. The zero-order valence-corrected chi connectivity index (χ0v) is 16.6. The maximum Gasteiger partial charge on any atom is 0.344 e. The summed E-state index contributed by atoms with van der Waals surface area (Å²) < 4.78 is 16.0. The maximum absolute atomic E-state index is 12.7. The van der Waals surface area contributed by atoms with Gasteiger partial charge in [0, 0.05) is 29.8 Å². The van der Waals surface area contributed by atoms with Crippen LogP contribution in [0.2, 0.25) is 0 Å². The second kappa shape index (κ2) is 8.15. The number of methoxy groups -OCH3 is 2. The minimum atomic E-state index is -0.550. The molecule has 0 radical (unpaired) electrons. The summed E-state index contributed by atoms with van der Waals surface area (Å²) in [6.45, 7) is 0. The van der Waals surface area contributed by atoms with Crippen LogP contribution < -0.4 is 20.4 Å². The fourth-order valence-electron chi connectivity index (χ4n) is 3.12. The Labute approximate surface area is 176 Å². The van der Waals surface area contributed by atoms with Gasteiger partial charge in [-0.1, -0.05) is 12.1 Å². The minimum Gasteiger partial charge on any atom is -0.497 e. The summed E-state index contributed by atoms with van der Waals surface area (Å²) in [7, 11) is 3.05. The monoisotopic (exact) mass is 419 g/mol. The SMILES string of the molecule is COc1cc(OC)cc(-c2cc3cnc(Nc4ccccc4[N+](=O)[O-])cc3oc2=O)c1. The third-order valence-electron chi connectivity index (χ3n) is 4.64. The van der Waals surface area contributed by atoms with E-state index in [1.165, 1.54) is 32.5 Å². The molecule has 1 N–H and O–H groups in total. The number of nitrogens with zero attached hydrogens (tertiary/aromatic N) is 2. The lowest BCUT2D eigenvalue weighted by atomic mass is 10.1. The van der Waals surface area contributed by atoms with E-state index in [0.29, 0.717) is 39.4 Å². The third-order valence-corrected chi connectivity index (χ3v) is 4.64. The van der Waals surface area contributed by atoms with Crippen LogP contribution in [0.25, 0.3) is 22.1 Å². The van der Waals surface area contributed by atoms with E-state index in [1.54, 1.807) is 42.5 Å². The van der Waals surface area contributed by atoms with Gasteiger partial charge in [0.05, 0.1) is 24.7 Å². The topological polar surface area (TPSA) is 117 Å². The van der Waals surface area contributed by atoms with Gasteiger partial charge >= 0.3 is 5.63 Å². The first kappa shape index (κ1) is 19.9. The zero-order chi connectivity index (χ0) is 22.0. The summed E-state index contributed by atoms with van der Waals surface area (Å²) in [4.78, 5) is 27.7. The van der Waals surface area contributed by atoms with Gasteiger partial charge in [0.1, 0.15) is 28.6 Å². The van der Waals surface area contributed by atoms with Crippen molar-refractivity contribution < 1.29 is 18.8 Å². The lowest BCUT2D eigenvalue weighted by Gasteiger charge is -2.09. The van der Waals surface area contributed by atoms with Crippen molar-refractivity contribution in [2.45, 2.75) is 0 Å². The Balaban J connectivity index is 1.74. The molecule has 0 atom stereocenters. The average Bonchev–Trinajstić information content (AvgIpc) is 2.78. The second-order valence-electron chi connectivity index (χ2n) is 6.56. The molecule has 0 fully saturated rings. The molecule has 31 heavy (non-hydrogen) atoms. The van der Waals surface area contributed by atoms with Crippen molar-refractivity contribution in [2.75, 3.05) is 19.5 Å². The number of rotatable bonds is 6. The fourth-order valence-corrected chi connectivity index (χ4v) is 3.12. The van der Waals surface area contributed by atoms with Crippen molar-refractivity contribution in [3.8, 4) is 22.6 Å². The zero-order valence-electron chi connectivity index (χ0n) is 16.6. The molecule has 2 aromatic heterocycles. The number of benzene rings is 2. The fraction of sp³-hybridized carbons (Fsp3) is 0.0909.